The molecule has 60 valence electrons. The number of hydrogen-bond acceptors (Lipinski definition) is 4. The number of hydrogen-bond donors (Lipinski definition) is 0. The smallest absolute Gasteiger partial charge is 0.139 e. The standard InChI is InChI=1S/C7H9NO3/c1-4(2)6-3-5(7(9)10)8-11-6/h3-4H,1-2H3,(H,9,10)/p-1. The van der Waals surface area contributed by atoms with E-state index in [1.165, 1.54) is 6.07 Å². The van der Waals surface area contributed by atoms with E-state index in [2.05, 4.69) is 5.16 Å². The second-order valence-corrected chi connectivity index (χ2v) is 2.56. The first kappa shape index (κ1) is 7.78. The van der Waals surface area contributed by atoms with Crippen LogP contribution in [0.2, 0.25) is 0 Å². The third kappa shape index (κ3) is 1.58. The van der Waals surface area contributed by atoms with Crippen molar-refractivity contribution in [3.05, 3.63) is 17.5 Å². The maximum absolute atomic E-state index is 10.2. The molecule has 0 radical (unpaired) electrons. The van der Waals surface area contributed by atoms with Gasteiger partial charge in [-0.05, 0) is 0 Å². The monoisotopic (exact) mass is 154 g/mol. The normalized spacial score (nSPS) is 10.5. The molecule has 4 heteroatoms. The highest BCUT2D eigenvalue weighted by atomic mass is 16.5. The lowest BCUT2D eigenvalue weighted by Gasteiger charge is -1.93. The molecule has 0 aromatic carbocycles. The summed E-state index contributed by atoms with van der Waals surface area (Å²) < 4.78 is 4.72. The number of carboxylic acids is 1. The van der Waals surface area contributed by atoms with Crippen molar-refractivity contribution in [2.45, 2.75) is 19.8 Å². The van der Waals surface area contributed by atoms with Gasteiger partial charge in [0.25, 0.3) is 0 Å². The number of carboxylic acid groups (broad SMARTS) is 1. The molecule has 0 saturated heterocycles. The zero-order valence-corrected chi connectivity index (χ0v) is 6.33. The average Bonchev–Trinajstić information content (AvgIpc) is 2.33. The third-order valence-electron chi connectivity index (χ3n) is 1.31. The second-order valence-electron chi connectivity index (χ2n) is 2.56. The minimum Gasteiger partial charge on any atom is -0.543 e. The Morgan fingerprint density at radius 1 is 1.73 bits per heavy atom. The van der Waals surface area contributed by atoms with Gasteiger partial charge in [-0.2, -0.15) is 0 Å². The molecule has 1 aromatic heterocycles. The van der Waals surface area contributed by atoms with E-state index in [0.29, 0.717) is 5.76 Å². The molecule has 1 rings (SSSR count). The van der Waals surface area contributed by atoms with Crippen LogP contribution >= 0.6 is 0 Å². The van der Waals surface area contributed by atoms with Gasteiger partial charge in [0.05, 0.1) is 5.97 Å². The second kappa shape index (κ2) is 2.74. The Morgan fingerprint density at radius 3 is 2.64 bits per heavy atom. The Kier molecular flexibility index (Phi) is 1.94. The number of aromatic nitrogens is 1. The van der Waals surface area contributed by atoms with E-state index in [0.717, 1.165) is 0 Å². The quantitative estimate of drug-likeness (QED) is 0.608. The number of carbonyl (C=O) groups excluding carboxylic acids is 1. The third-order valence-corrected chi connectivity index (χ3v) is 1.31. The number of carbonyl (C=O) groups is 1. The predicted molar refractivity (Wildman–Crippen MR) is 34.9 cm³/mol. The van der Waals surface area contributed by atoms with Crippen molar-refractivity contribution in [2.24, 2.45) is 0 Å². The van der Waals surface area contributed by atoms with Gasteiger partial charge in [-0.15, -0.1) is 0 Å². The van der Waals surface area contributed by atoms with Crippen LogP contribution in [-0.2, 0) is 0 Å². The molecule has 1 heterocycles. The van der Waals surface area contributed by atoms with Crippen molar-refractivity contribution in [3.8, 4) is 0 Å². The van der Waals surface area contributed by atoms with Gasteiger partial charge in [0.2, 0.25) is 0 Å². The summed E-state index contributed by atoms with van der Waals surface area (Å²) in [6.07, 6.45) is 0. The van der Waals surface area contributed by atoms with Gasteiger partial charge in [-0.3, -0.25) is 0 Å². The molecule has 0 unspecified atom stereocenters. The summed E-state index contributed by atoms with van der Waals surface area (Å²) in [5.74, 6) is -0.597. The van der Waals surface area contributed by atoms with Gasteiger partial charge in [0.15, 0.2) is 0 Å². The zero-order valence-electron chi connectivity index (χ0n) is 6.33. The number of rotatable bonds is 2. The van der Waals surface area contributed by atoms with Crippen molar-refractivity contribution in [3.63, 3.8) is 0 Å². The highest BCUT2D eigenvalue weighted by Crippen LogP contribution is 2.14. The Morgan fingerprint density at radius 2 is 2.36 bits per heavy atom. The summed E-state index contributed by atoms with van der Waals surface area (Å²) in [4.78, 5) is 10.2. The van der Waals surface area contributed by atoms with Crippen LogP contribution in [0, 0.1) is 0 Å². The molecule has 11 heavy (non-hydrogen) atoms. The molecular weight excluding hydrogens is 146 g/mol. The molecular formula is C7H8NO3-. The van der Waals surface area contributed by atoms with Crippen LogP contribution in [0.15, 0.2) is 10.6 Å². The molecule has 0 aliphatic rings. The van der Waals surface area contributed by atoms with E-state index >= 15 is 0 Å². The molecule has 0 amide bonds. The summed E-state index contributed by atoms with van der Waals surface area (Å²) in [6.45, 7) is 3.78. The molecule has 0 bridgehead atoms. The van der Waals surface area contributed by atoms with Crippen LogP contribution in [0.4, 0.5) is 0 Å². The topological polar surface area (TPSA) is 66.2 Å². The first-order chi connectivity index (χ1) is 5.11. The first-order valence-corrected chi connectivity index (χ1v) is 3.29. The first-order valence-electron chi connectivity index (χ1n) is 3.29. The van der Waals surface area contributed by atoms with Crippen LogP contribution in [0.25, 0.3) is 0 Å². The van der Waals surface area contributed by atoms with Crippen LogP contribution in [0.1, 0.15) is 36.0 Å². The van der Waals surface area contributed by atoms with Crippen molar-refractivity contribution in [1.82, 2.24) is 5.16 Å². The molecule has 0 aliphatic carbocycles. The molecule has 0 fully saturated rings. The van der Waals surface area contributed by atoms with E-state index < -0.39 is 5.97 Å². The van der Waals surface area contributed by atoms with Gasteiger partial charge >= 0.3 is 0 Å². The minimum absolute atomic E-state index is 0.145. The van der Waals surface area contributed by atoms with E-state index in [1.54, 1.807) is 0 Å². The number of nitrogens with zero attached hydrogens (tertiary/aromatic N) is 1. The summed E-state index contributed by atoms with van der Waals surface area (Å²) in [5.41, 5.74) is -0.145. The van der Waals surface area contributed by atoms with Crippen LogP contribution in [0.5, 0.6) is 0 Å². The summed E-state index contributed by atoms with van der Waals surface area (Å²) >= 11 is 0. The molecule has 1 aromatic rings. The van der Waals surface area contributed by atoms with Crippen LogP contribution in [-0.4, -0.2) is 11.1 Å². The SMILES string of the molecule is CC(C)c1cc(C(=O)[O-])no1. The maximum atomic E-state index is 10.2. The van der Waals surface area contributed by atoms with Crippen molar-refractivity contribution in [2.75, 3.05) is 0 Å². The average molecular weight is 154 g/mol. The van der Waals surface area contributed by atoms with Crippen molar-refractivity contribution in [1.29, 1.82) is 0 Å². The Balaban J connectivity index is 2.90. The fourth-order valence-electron chi connectivity index (χ4n) is 0.658. The highest BCUT2D eigenvalue weighted by Gasteiger charge is 2.07. The van der Waals surface area contributed by atoms with E-state index in [-0.39, 0.29) is 11.6 Å². The summed E-state index contributed by atoms with van der Waals surface area (Å²) in [5, 5.41) is 13.5. The largest absolute Gasteiger partial charge is 0.543 e. The van der Waals surface area contributed by atoms with E-state index in [4.69, 9.17) is 4.52 Å². The van der Waals surface area contributed by atoms with Gasteiger partial charge in [-0.25, -0.2) is 0 Å². The lowest BCUT2D eigenvalue weighted by molar-refractivity contribution is -0.255. The maximum Gasteiger partial charge on any atom is 0.139 e. The Hall–Kier alpha value is -1.32. The number of aromatic carboxylic acids is 1. The summed E-state index contributed by atoms with van der Waals surface area (Å²) in [7, 11) is 0. The molecule has 0 atom stereocenters. The van der Waals surface area contributed by atoms with E-state index in [1.807, 2.05) is 13.8 Å². The molecule has 0 saturated carbocycles. The van der Waals surface area contributed by atoms with Gasteiger partial charge in [0.1, 0.15) is 11.5 Å². The lowest BCUT2D eigenvalue weighted by atomic mass is 10.1. The molecule has 0 N–H and O–H groups in total. The predicted octanol–water partition coefficient (Wildman–Crippen LogP) is 0.161. The van der Waals surface area contributed by atoms with Gasteiger partial charge in [0, 0.05) is 12.0 Å². The Labute approximate surface area is 63.8 Å². The fraction of sp³-hybridized carbons (Fsp3) is 0.429. The fourth-order valence-corrected chi connectivity index (χ4v) is 0.658. The van der Waals surface area contributed by atoms with Crippen molar-refractivity contribution < 1.29 is 14.4 Å². The molecule has 4 nitrogen and oxygen atoms in total. The molecule has 0 spiro atoms. The lowest BCUT2D eigenvalue weighted by Crippen LogP contribution is -2.22. The van der Waals surface area contributed by atoms with Crippen molar-refractivity contribution >= 4 is 5.97 Å². The minimum atomic E-state index is -1.30. The van der Waals surface area contributed by atoms with Gasteiger partial charge < -0.3 is 14.4 Å². The Bertz CT molecular complexity index is 264. The van der Waals surface area contributed by atoms with Crippen LogP contribution in [0.3, 0.4) is 0 Å². The van der Waals surface area contributed by atoms with Gasteiger partial charge in [-0.1, -0.05) is 19.0 Å². The molecule has 0 aliphatic heterocycles. The van der Waals surface area contributed by atoms with E-state index in [9.17, 15) is 9.90 Å². The highest BCUT2D eigenvalue weighted by molar-refractivity contribution is 5.83. The zero-order chi connectivity index (χ0) is 8.43. The summed E-state index contributed by atoms with van der Waals surface area (Å²) in [6, 6.07) is 1.38. The van der Waals surface area contributed by atoms with Crippen LogP contribution < -0.4 is 5.11 Å².